The van der Waals surface area contributed by atoms with E-state index in [1.54, 1.807) is 0 Å². The van der Waals surface area contributed by atoms with Crippen molar-refractivity contribution in [3.8, 4) is 12.3 Å². The lowest BCUT2D eigenvalue weighted by Crippen LogP contribution is -2.25. The van der Waals surface area contributed by atoms with E-state index in [1.807, 2.05) is 0 Å². The standard InChI is InChI=1S/C13H14BrNO4S/c1-2-3-4-5-8-15-20(18,19)10-6-7-12(14)11(9-10)13(16)17/h1,6-7,9,15H,3-5,8H2,(H,16,17). The number of halogens is 1. The molecular formula is C13H14BrNO4S. The number of terminal acetylenes is 1. The van der Waals surface area contributed by atoms with E-state index in [0.717, 1.165) is 12.5 Å². The molecule has 0 heterocycles. The Hall–Kier alpha value is -1.36. The number of nitrogens with one attached hydrogen (secondary N) is 1. The largest absolute Gasteiger partial charge is 0.478 e. The zero-order valence-electron chi connectivity index (χ0n) is 10.6. The molecule has 7 heteroatoms. The molecule has 2 N–H and O–H groups in total. The Morgan fingerprint density at radius 3 is 2.70 bits per heavy atom. The number of aromatic carboxylic acids is 1. The topological polar surface area (TPSA) is 83.5 Å². The number of sulfonamides is 1. The third-order valence-electron chi connectivity index (χ3n) is 2.52. The number of hydrogen-bond acceptors (Lipinski definition) is 3. The lowest BCUT2D eigenvalue weighted by molar-refractivity contribution is 0.0695. The van der Waals surface area contributed by atoms with Gasteiger partial charge in [-0.2, -0.15) is 0 Å². The Morgan fingerprint density at radius 1 is 1.40 bits per heavy atom. The van der Waals surface area contributed by atoms with Gasteiger partial charge in [-0.3, -0.25) is 0 Å². The normalized spacial score (nSPS) is 11.0. The van der Waals surface area contributed by atoms with E-state index < -0.39 is 16.0 Å². The molecule has 0 spiro atoms. The van der Waals surface area contributed by atoms with Crippen LogP contribution in [0.15, 0.2) is 27.6 Å². The summed E-state index contributed by atoms with van der Waals surface area (Å²) in [4.78, 5) is 10.9. The Bertz CT molecular complexity index is 634. The maximum atomic E-state index is 12.0. The van der Waals surface area contributed by atoms with Crippen LogP contribution >= 0.6 is 15.9 Å². The quantitative estimate of drug-likeness (QED) is 0.577. The van der Waals surface area contributed by atoms with Gasteiger partial charge in [0.1, 0.15) is 0 Å². The Kier molecular flexibility index (Phi) is 6.20. The van der Waals surface area contributed by atoms with Crippen molar-refractivity contribution in [1.29, 1.82) is 0 Å². The highest BCUT2D eigenvalue weighted by molar-refractivity contribution is 9.10. The maximum absolute atomic E-state index is 12.0. The molecule has 20 heavy (non-hydrogen) atoms. The van der Waals surface area contributed by atoms with Gasteiger partial charge >= 0.3 is 5.97 Å². The summed E-state index contributed by atoms with van der Waals surface area (Å²) >= 11 is 3.06. The number of carboxylic acids is 1. The van der Waals surface area contributed by atoms with Crippen LogP contribution in [-0.2, 0) is 10.0 Å². The maximum Gasteiger partial charge on any atom is 0.336 e. The van der Waals surface area contributed by atoms with E-state index in [9.17, 15) is 13.2 Å². The van der Waals surface area contributed by atoms with Gasteiger partial charge in [0.05, 0.1) is 10.5 Å². The molecule has 0 saturated carbocycles. The van der Waals surface area contributed by atoms with Crippen LogP contribution in [0.1, 0.15) is 29.6 Å². The molecule has 0 radical (unpaired) electrons. The molecule has 1 aromatic carbocycles. The molecule has 0 amide bonds. The highest BCUT2D eigenvalue weighted by Gasteiger charge is 2.17. The Balaban J connectivity index is 2.80. The highest BCUT2D eigenvalue weighted by Crippen LogP contribution is 2.21. The van der Waals surface area contributed by atoms with Crippen molar-refractivity contribution in [2.24, 2.45) is 0 Å². The van der Waals surface area contributed by atoms with Crippen molar-refractivity contribution in [3.05, 3.63) is 28.2 Å². The molecule has 1 rings (SSSR count). The van der Waals surface area contributed by atoms with Gasteiger partial charge in [-0.1, -0.05) is 0 Å². The SMILES string of the molecule is C#CCCCCNS(=O)(=O)c1ccc(Br)c(C(=O)O)c1. The molecule has 0 atom stereocenters. The van der Waals surface area contributed by atoms with Crippen LogP contribution < -0.4 is 4.72 Å². The minimum absolute atomic E-state index is 0.0740. The van der Waals surface area contributed by atoms with Gasteiger partial charge in [0.25, 0.3) is 0 Å². The van der Waals surface area contributed by atoms with E-state index in [0.29, 0.717) is 17.3 Å². The summed E-state index contributed by atoms with van der Waals surface area (Å²) in [6.07, 6.45) is 7.06. The first-order valence-electron chi connectivity index (χ1n) is 5.84. The number of carboxylic acid groups (broad SMARTS) is 1. The van der Waals surface area contributed by atoms with Crippen molar-refractivity contribution in [2.75, 3.05) is 6.54 Å². The second-order valence-corrected chi connectivity index (χ2v) is 6.63. The number of rotatable bonds is 7. The zero-order chi connectivity index (χ0) is 15.2. The van der Waals surface area contributed by atoms with Crippen molar-refractivity contribution >= 4 is 31.9 Å². The molecule has 0 aliphatic heterocycles. The van der Waals surface area contributed by atoms with Crippen molar-refractivity contribution in [3.63, 3.8) is 0 Å². The predicted octanol–water partition coefficient (Wildman–Crippen LogP) is 2.23. The first-order valence-corrected chi connectivity index (χ1v) is 8.12. The minimum atomic E-state index is -3.71. The molecule has 0 bridgehead atoms. The number of hydrogen-bond donors (Lipinski definition) is 2. The summed E-state index contributed by atoms with van der Waals surface area (Å²) in [6, 6.07) is 3.87. The van der Waals surface area contributed by atoms with Crippen LogP contribution in [-0.4, -0.2) is 26.0 Å². The monoisotopic (exact) mass is 359 g/mol. The highest BCUT2D eigenvalue weighted by atomic mass is 79.9. The molecule has 108 valence electrons. The second kappa shape index (κ2) is 7.43. The fourth-order valence-electron chi connectivity index (χ4n) is 1.48. The van der Waals surface area contributed by atoms with Gasteiger partial charge in [-0.25, -0.2) is 17.9 Å². The van der Waals surface area contributed by atoms with Crippen molar-refractivity contribution in [2.45, 2.75) is 24.2 Å². The Labute approximate surface area is 126 Å². The first kappa shape index (κ1) is 16.7. The van der Waals surface area contributed by atoms with Crippen LogP contribution in [0.5, 0.6) is 0 Å². The molecule has 5 nitrogen and oxygen atoms in total. The van der Waals surface area contributed by atoms with Crippen LogP contribution in [0, 0.1) is 12.3 Å². The summed E-state index contributed by atoms with van der Waals surface area (Å²) in [6.45, 7) is 0.266. The lowest BCUT2D eigenvalue weighted by Gasteiger charge is -2.08. The molecule has 0 aliphatic rings. The zero-order valence-corrected chi connectivity index (χ0v) is 13.0. The average Bonchev–Trinajstić information content (AvgIpc) is 2.38. The van der Waals surface area contributed by atoms with Gasteiger partial charge in [0, 0.05) is 17.4 Å². The van der Waals surface area contributed by atoms with E-state index >= 15 is 0 Å². The van der Waals surface area contributed by atoms with Crippen LogP contribution in [0.2, 0.25) is 0 Å². The van der Waals surface area contributed by atoms with Gasteiger partial charge in [-0.05, 0) is 47.0 Å². The van der Waals surface area contributed by atoms with Gasteiger partial charge in [0.2, 0.25) is 10.0 Å². The summed E-state index contributed by atoms with van der Waals surface area (Å²) in [5, 5.41) is 8.96. The summed E-state index contributed by atoms with van der Waals surface area (Å²) in [5.74, 6) is 1.28. The smallest absolute Gasteiger partial charge is 0.336 e. The summed E-state index contributed by atoms with van der Waals surface area (Å²) in [5.41, 5.74) is -0.0970. The number of carbonyl (C=O) groups is 1. The molecule has 0 unspecified atom stereocenters. The summed E-state index contributed by atoms with van der Waals surface area (Å²) < 4.78 is 26.7. The first-order chi connectivity index (χ1) is 9.38. The van der Waals surface area contributed by atoms with E-state index in [-0.39, 0.29) is 17.0 Å². The molecular weight excluding hydrogens is 346 g/mol. The van der Waals surface area contributed by atoms with E-state index in [4.69, 9.17) is 11.5 Å². The lowest BCUT2D eigenvalue weighted by atomic mass is 10.2. The summed E-state index contributed by atoms with van der Waals surface area (Å²) in [7, 11) is -3.71. The average molecular weight is 360 g/mol. The van der Waals surface area contributed by atoms with Crippen molar-refractivity contribution < 1.29 is 18.3 Å². The molecule has 0 aliphatic carbocycles. The fourth-order valence-corrected chi connectivity index (χ4v) is 2.99. The molecule has 0 saturated heterocycles. The van der Waals surface area contributed by atoms with Crippen LogP contribution in [0.3, 0.4) is 0 Å². The van der Waals surface area contributed by atoms with Gasteiger partial charge < -0.3 is 5.11 Å². The minimum Gasteiger partial charge on any atom is -0.478 e. The van der Waals surface area contributed by atoms with Crippen molar-refractivity contribution in [1.82, 2.24) is 4.72 Å². The molecule has 1 aromatic rings. The predicted molar refractivity (Wildman–Crippen MR) is 79.0 cm³/mol. The third-order valence-corrected chi connectivity index (χ3v) is 4.67. The second-order valence-electron chi connectivity index (χ2n) is 4.01. The molecule has 0 aromatic heterocycles. The van der Waals surface area contributed by atoms with E-state index in [1.165, 1.54) is 12.1 Å². The number of benzene rings is 1. The van der Waals surface area contributed by atoms with Crippen LogP contribution in [0.4, 0.5) is 0 Å². The van der Waals surface area contributed by atoms with Gasteiger partial charge in [-0.15, -0.1) is 12.3 Å². The molecule has 0 fully saturated rings. The number of unbranched alkanes of at least 4 members (excludes halogenated alkanes) is 2. The van der Waals surface area contributed by atoms with E-state index in [2.05, 4.69) is 26.6 Å². The third kappa shape index (κ3) is 4.63. The van der Waals surface area contributed by atoms with Gasteiger partial charge in [0.15, 0.2) is 0 Å². The fraction of sp³-hybridized carbons (Fsp3) is 0.308. The Morgan fingerprint density at radius 2 is 2.10 bits per heavy atom. The van der Waals surface area contributed by atoms with Crippen LogP contribution in [0.25, 0.3) is 0 Å².